The molecule has 0 aromatic rings. The first-order chi connectivity index (χ1) is 27.0. The van der Waals surface area contributed by atoms with Crippen LogP contribution >= 0.6 is 7.82 Å². The van der Waals surface area contributed by atoms with Crippen molar-refractivity contribution in [1.29, 1.82) is 0 Å². The number of carbonyl (C=O) groups excluding carboxylic acids is 2. The largest absolute Gasteiger partial charge is 0.472 e. The number of phosphoric ester groups is 1. The first-order valence-corrected chi connectivity index (χ1v) is 22.8. The van der Waals surface area contributed by atoms with Gasteiger partial charge >= 0.3 is 19.8 Å². The normalized spacial score (nSPS) is 14.5. The number of quaternary nitrogens is 1. The molecule has 0 aromatic heterocycles. The molecule has 0 bridgehead atoms. The van der Waals surface area contributed by atoms with Crippen LogP contribution in [0.2, 0.25) is 0 Å². The van der Waals surface area contributed by atoms with E-state index in [9.17, 15) is 19.0 Å². The SMILES string of the molecule is CC/C=C/C/C=C/C/C=C/C/C=C/C/C=C/CCCC(=O)OC[C@H](COP(=O)(O)OCC[N+](C)(C)C)OC(=O)CCCCCCC/C=C/C/C=C/CCCCC. The van der Waals surface area contributed by atoms with Gasteiger partial charge in [0, 0.05) is 12.8 Å². The molecule has 0 amide bonds. The molecule has 1 unspecified atom stereocenters. The highest BCUT2D eigenvalue weighted by molar-refractivity contribution is 7.47. The maximum atomic E-state index is 12.7. The predicted molar refractivity (Wildman–Crippen MR) is 233 cm³/mol. The van der Waals surface area contributed by atoms with Crippen LogP contribution in [-0.2, 0) is 32.7 Å². The predicted octanol–water partition coefficient (Wildman–Crippen LogP) is 12.0. The van der Waals surface area contributed by atoms with Crippen LogP contribution in [0, 0.1) is 0 Å². The Kier molecular flexibility index (Phi) is 35.9. The summed E-state index contributed by atoms with van der Waals surface area (Å²) in [5.74, 6) is -0.893. The van der Waals surface area contributed by atoms with Gasteiger partial charge in [-0.1, -0.05) is 131 Å². The molecule has 0 aliphatic carbocycles. The monoisotopic (exact) mass is 805 g/mol. The second-order valence-electron chi connectivity index (χ2n) is 15.0. The number of hydrogen-bond donors (Lipinski definition) is 1. The van der Waals surface area contributed by atoms with Gasteiger partial charge in [0.25, 0.3) is 0 Å². The van der Waals surface area contributed by atoms with E-state index in [2.05, 4.69) is 92.8 Å². The van der Waals surface area contributed by atoms with Crippen LogP contribution < -0.4 is 0 Å². The van der Waals surface area contributed by atoms with Crippen molar-refractivity contribution in [3.05, 3.63) is 85.1 Å². The molecule has 320 valence electrons. The van der Waals surface area contributed by atoms with Crippen molar-refractivity contribution in [1.82, 2.24) is 0 Å². The Hall–Kier alpha value is -2.81. The Balaban J connectivity index is 4.52. The minimum absolute atomic E-state index is 0.0153. The van der Waals surface area contributed by atoms with Gasteiger partial charge in [0.2, 0.25) is 0 Å². The van der Waals surface area contributed by atoms with Crippen LogP contribution in [0.25, 0.3) is 0 Å². The summed E-state index contributed by atoms with van der Waals surface area (Å²) in [5.41, 5.74) is 0. The summed E-state index contributed by atoms with van der Waals surface area (Å²) >= 11 is 0. The number of carbonyl (C=O) groups is 2. The minimum atomic E-state index is -4.39. The van der Waals surface area contributed by atoms with E-state index in [4.69, 9.17) is 18.5 Å². The smallest absolute Gasteiger partial charge is 0.462 e. The lowest BCUT2D eigenvalue weighted by Gasteiger charge is -2.24. The van der Waals surface area contributed by atoms with Gasteiger partial charge in [0.15, 0.2) is 6.10 Å². The van der Waals surface area contributed by atoms with Crippen LogP contribution in [0.1, 0.15) is 142 Å². The average Bonchev–Trinajstić information content (AvgIpc) is 3.15. The number of ether oxygens (including phenoxy) is 2. The molecule has 0 saturated carbocycles. The van der Waals surface area contributed by atoms with Crippen LogP contribution in [0.5, 0.6) is 0 Å². The summed E-state index contributed by atoms with van der Waals surface area (Å²) in [6, 6.07) is 0. The van der Waals surface area contributed by atoms with Crippen molar-refractivity contribution in [2.24, 2.45) is 0 Å². The van der Waals surface area contributed by atoms with Crippen LogP contribution in [0.15, 0.2) is 85.1 Å². The van der Waals surface area contributed by atoms with E-state index >= 15 is 0 Å². The lowest BCUT2D eigenvalue weighted by atomic mass is 10.1. The number of allylic oxidation sites excluding steroid dienone is 14. The highest BCUT2D eigenvalue weighted by Gasteiger charge is 2.27. The second-order valence-corrected chi connectivity index (χ2v) is 16.4. The maximum Gasteiger partial charge on any atom is 0.472 e. The minimum Gasteiger partial charge on any atom is -0.462 e. The molecule has 0 fully saturated rings. The van der Waals surface area contributed by atoms with Gasteiger partial charge in [-0.15, -0.1) is 0 Å². The van der Waals surface area contributed by atoms with E-state index in [0.29, 0.717) is 23.9 Å². The number of unbranched alkanes of at least 4 members (excludes halogenated alkanes) is 9. The molecular formula is C46H79NO8P+. The summed E-state index contributed by atoms with van der Waals surface area (Å²) in [5, 5.41) is 0. The van der Waals surface area contributed by atoms with E-state index < -0.39 is 32.5 Å². The fraction of sp³-hybridized carbons (Fsp3) is 0.652. The molecule has 56 heavy (non-hydrogen) atoms. The zero-order chi connectivity index (χ0) is 41.4. The number of hydrogen-bond acceptors (Lipinski definition) is 7. The number of likely N-dealkylation sites (N-methyl/N-ethyl adjacent to an activating group) is 1. The molecule has 0 radical (unpaired) electrons. The fourth-order valence-corrected chi connectivity index (χ4v) is 5.82. The third kappa shape index (κ3) is 40.8. The molecule has 0 aromatic carbocycles. The highest BCUT2D eigenvalue weighted by atomic mass is 31.2. The summed E-state index contributed by atoms with van der Waals surface area (Å²) in [6.07, 6.45) is 47.8. The van der Waals surface area contributed by atoms with Crippen molar-refractivity contribution in [3.63, 3.8) is 0 Å². The van der Waals surface area contributed by atoms with Crippen LogP contribution in [-0.4, -0.2) is 74.9 Å². The Labute approximate surface area is 341 Å². The average molecular weight is 805 g/mol. The Morgan fingerprint density at radius 1 is 0.571 bits per heavy atom. The molecule has 1 N–H and O–H groups in total. The summed E-state index contributed by atoms with van der Waals surface area (Å²) in [4.78, 5) is 35.3. The number of nitrogens with zero attached hydrogens (tertiary/aromatic N) is 1. The zero-order valence-electron chi connectivity index (χ0n) is 35.8. The third-order valence-electron chi connectivity index (χ3n) is 8.41. The van der Waals surface area contributed by atoms with E-state index in [1.807, 2.05) is 27.2 Å². The van der Waals surface area contributed by atoms with Crippen molar-refractivity contribution in [2.75, 3.05) is 47.5 Å². The number of phosphoric acid groups is 1. The lowest BCUT2D eigenvalue weighted by molar-refractivity contribution is -0.870. The molecule has 2 atom stereocenters. The zero-order valence-corrected chi connectivity index (χ0v) is 36.7. The van der Waals surface area contributed by atoms with E-state index in [0.717, 1.165) is 77.0 Å². The van der Waals surface area contributed by atoms with Crippen molar-refractivity contribution in [3.8, 4) is 0 Å². The van der Waals surface area contributed by atoms with Gasteiger partial charge in [-0.25, -0.2) is 4.57 Å². The van der Waals surface area contributed by atoms with E-state index in [1.54, 1.807) is 0 Å². The standard InChI is InChI=1S/C46H78NO8P/c1-6-8-10-12-14-16-18-20-22-23-25-26-28-30-32-34-36-38-45(48)52-42-44(43-54-56(50,51)53-41-40-47(3,4)5)55-46(49)39-37-35-33-31-29-27-24-21-19-17-15-13-11-9-7-2/h8,10,14-17,20-22,24-26,30,32,44H,6-7,9,11-13,18-19,23,27-29,31,33-43H2,1-5H3/p+1/b10-8+,16-14+,17-15+,22-20+,24-21+,26-25+,32-30+/t44-/m1/s1. The topological polar surface area (TPSA) is 108 Å². The van der Waals surface area contributed by atoms with Crippen LogP contribution in [0.4, 0.5) is 0 Å². The number of esters is 2. The van der Waals surface area contributed by atoms with Crippen molar-refractivity contribution < 1.29 is 42.1 Å². The van der Waals surface area contributed by atoms with E-state index in [-0.39, 0.29) is 26.1 Å². The molecule has 0 spiro atoms. The Bertz CT molecular complexity index is 1230. The summed E-state index contributed by atoms with van der Waals surface area (Å²) < 4.78 is 34.2. The highest BCUT2D eigenvalue weighted by Crippen LogP contribution is 2.43. The van der Waals surface area contributed by atoms with E-state index in [1.165, 1.54) is 25.7 Å². The molecule has 10 heteroatoms. The third-order valence-corrected chi connectivity index (χ3v) is 9.39. The molecule has 9 nitrogen and oxygen atoms in total. The maximum absolute atomic E-state index is 12.7. The molecular weight excluding hydrogens is 725 g/mol. The molecule has 0 heterocycles. The van der Waals surface area contributed by atoms with Gasteiger partial charge in [-0.3, -0.25) is 18.6 Å². The molecule has 0 saturated heterocycles. The van der Waals surface area contributed by atoms with Gasteiger partial charge in [-0.05, 0) is 83.5 Å². The fourth-order valence-electron chi connectivity index (χ4n) is 5.08. The van der Waals surface area contributed by atoms with Crippen molar-refractivity contribution >= 4 is 19.8 Å². The van der Waals surface area contributed by atoms with Crippen LogP contribution in [0.3, 0.4) is 0 Å². The number of rotatable bonds is 37. The molecule has 0 aliphatic rings. The lowest BCUT2D eigenvalue weighted by Crippen LogP contribution is -2.37. The first-order valence-electron chi connectivity index (χ1n) is 21.3. The summed E-state index contributed by atoms with van der Waals surface area (Å²) in [7, 11) is 1.42. The Morgan fingerprint density at radius 2 is 1.04 bits per heavy atom. The molecule has 0 aliphatic heterocycles. The van der Waals surface area contributed by atoms with Gasteiger partial charge in [-0.2, -0.15) is 0 Å². The first kappa shape index (κ1) is 53.2. The second kappa shape index (κ2) is 37.7. The Morgan fingerprint density at radius 3 is 1.57 bits per heavy atom. The summed E-state index contributed by atoms with van der Waals surface area (Å²) in [6.45, 7) is 4.17. The van der Waals surface area contributed by atoms with Gasteiger partial charge in [0.05, 0.1) is 27.7 Å². The molecule has 0 rings (SSSR count). The quantitative estimate of drug-likeness (QED) is 0.0217. The van der Waals surface area contributed by atoms with Gasteiger partial charge in [0.1, 0.15) is 19.8 Å². The van der Waals surface area contributed by atoms with Crippen molar-refractivity contribution in [2.45, 2.75) is 148 Å². The van der Waals surface area contributed by atoms with Gasteiger partial charge < -0.3 is 18.9 Å².